The predicted octanol–water partition coefficient (Wildman–Crippen LogP) is 0.743. The molecule has 1 N–H and O–H groups in total. The van der Waals surface area contributed by atoms with Gasteiger partial charge in [-0.05, 0) is 6.92 Å². The van der Waals surface area contributed by atoms with Crippen LogP contribution in [0, 0.1) is 0 Å². The molecule has 0 amide bonds. The van der Waals surface area contributed by atoms with Crippen molar-refractivity contribution in [2.45, 2.75) is 12.5 Å². The lowest BCUT2D eigenvalue weighted by molar-refractivity contribution is 0.806. The van der Waals surface area contributed by atoms with Crippen molar-refractivity contribution in [3.05, 3.63) is 0 Å². The van der Waals surface area contributed by atoms with Crippen molar-refractivity contribution in [2.24, 2.45) is 0 Å². The fraction of sp³-hybridized carbons (Fsp3) is 1.00. The molecule has 0 aromatic rings. The van der Waals surface area contributed by atoms with Gasteiger partial charge in [0.15, 0.2) is 0 Å². The van der Waals surface area contributed by atoms with Crippen LogP contribution in [0.1, 0.15) is 6.92 Å². The lowest BCUT2D eigenvalue weighted by atomic mass is 10.2. The Hall–Kier alpha value is 0.440. The maximum absolute atomic E-state index is 3.37. The Morgan fingerprint density at radius 1 is 2.00 bits per heavy atom. The van der Waals surface area contributed by atoms with Gasteiger partial charge in [0.2, 0.25) is 0 Å². The quantitative estimate of drug-likeness (QED) is 0.432. The summed E-state index contributed by atoms with van der Waals surface area (Å²) in [5.41, 5.74) is 0.458. The Morgan fingerprint density at radius 2 is 2.50 bits per heavy atom. The monoisotopic (exact) mass is 149 g/mol. The zero-order valence-electron chi connectivity index (χ0n) is 3.79. The maximum atomic E-state index is 3.37. The van der Waals surface area contributed by atoms with Crippen LogP contribution in [0.15, 0.2) is 0 Å². The highest BCUT2D eigenvalue weighted by molar-refractivity contribution is 9.09. The lowest BCUT2D eigenvalue weighted by Crippen LogP contribution is -2.09. The van der Waals surface area contributed by atoms with Crippen LogP contribution < -0.4 is 5.32 Å². The summed E-state index contributed by atoms with van der Waals surface area (Å²) in [7, 11) is 0. The molecule has 1 fully saturated rings. The molecule has 1 saturated heterocycles. The minimum absolute atomic E-state index is 0.458. The van der Waals surface area contributed by atoms with E-state index in [2.05, 4.69) is 28.2 Å². The molecule has 0 radical (unpaired) electrons. The summed E-state index contributed by atoms with van der Waals surface area (Å²) in [6, 6.07) is 0. The van der Waals surface area contributed by atoms with Crippen LogP contribution in [0.3, 0.4) is 0 Å². The largest absolute Gasteiger partial charge is 0.308 e. The van der Waals surface area contributed by atoms with Crippen LogP contribution in [0.5, 0.6) is 0 Å². The van der Waals surface area contributed by atoms with Gasteiger partial charge < -0.3 is 5.32 Å². The molecule has 1 unspecified atom stereocenters. The summed E-state index contributed by atoms with van der Waals surface area (Å²) in [5.74, 6) is 0. The molecule has 2 heteroatoms. The number of rotatable bonds is 1. The first-order valence-electron chi connectivity index (χ1n) is 2.08. The molecular formula is C4H8BrN. The molecule has 0 bridgehead atoms. The Kier molecular flexibility index (Phi) is 0.922. The minimum atomic E-state index is 0.458. The third-order valence-corrected chi connectivity index (χ3v) is 2.31. The van der Waals surface area contributed by atoms with Gasteiger partial charge in [-0.15, -0.1) is 0 Å². The molecule has 1 atom stereocenters. The van der Waals surface area contributed by atoms with Gasteiger partial charge in [-0.1, -0.05) is 15.9 Å². The van der Waals surface area contributed by atoms with E-state index in [9.17, 15) is 0 Å². The highest BCUT2D eigenvalue weighted by atomic mass is 79.9. The van der Waals surface area contributed by atoms with Gasteiger partial charge in [-0.2, -0.15) is 0 Å². The fourth-order valence-corrected chi connectivity index (χ4v) is 0.642. The maximum Gasteiger partial charge on any atom is 0.0376 e. The number of halogens is 1. The molecule has 0 spiro atoms. The van der Waals surface area contributed by atoms with Gasteiger partial charge in [0, 0.05) is 17.4 Å². The Morgan fingerprint density at radius 3 is 2.50 bits per heavy atom. The molecule has 6 heavy (non-hydrogen) atoms. The molecule has 1 aliphatic heterocycles. The first kappa shape index (κ1) is 4.60. The van der Waals surface area contributed by atoms with Gasteiger partial charge in [0.05, 0.1) is 0 Å². The molecule has 36 valence electrons. The van der Waals surface area contributed by atoms with Crippen molar-refractivity contribution in [3.63, 3.8) is 0 Å². The SMILES string of the molecule is CC1(CBr)CN1. The third kappa shape index (κ3) is 0.738. The van der Waals surface area contributed by atoms with E-state index < -0.39 is 0 Å². The van der Waals surface area contributed by atoms with E-state index in [-0.39, 0.29) is 0 Å². The van der Waals surface area contributed by atoms with Crippen molar-refractivity contribution in [1.29, 1.82) is 0 Å². The van der Waals surface area contributed by atoms with Crippen molar-refractivity contribution in [3.8, 4) is 0 Å². The van der Waals surface area contributed by atoms with Crippen molar-refractivity contribution < 1.29 is 0 Å². The average molecular weight is 150 g/mol. The van der Waals surface area contributed by atoms with E-state index in [1.807, 2.05) is 0 Å². The van der Waals surface area contributed by atoms with Gasteiger partial charge in [-0.3, -0.25) is 0 Å². The molecule has 0 aromatic heterocycles. The number of hydrogen-bond acceptors (Lipinski definition) is 1. The van der Waals surface area contributed by atoms with E-state index in [1.165, 1.54) is 6.54 Å². The molecule has 1 heterocycles. The molecule has 0 saturated carbocycles. The average Bonchev–Trinajstić information content (AvgIpc) is 2.22. The van der Waals surface area contributed by atoms with E-state index >= 15 is 0 Å². The summed E-state index contributed by atoms with van der Waals surface area (Å²) in [6.07, 6.45) is 0. The van der Waals surface area contributed by atoms with Gasteiger partial charge in [0.25, 0.3) is 0 Å². The highest BCUT2D eigenvalue weighted by Crippen LogP contribution is 2.16. The summed E-state index contributed by atoms with van der Waals surface area (Å²) >= 11 is 3.37. The smallest absolute Gasteiger partial charge is 0.0376 e. The summed E-state index contributed by atoms with van der Waals surface area (Å²) in [6.45, 7) is 3.38. The zero-order valence-corrected chi connectivity index (χ0v) is 5.38. The van der Waals surface area contributed by atoms with Gasteiger partial charge in [-0.25, -0.2) is 0 Å². The normalized spacial score (nSPS) is 43.0. The van der Waals surface area contributed by atoms with Crippen molar-refractivity contribution >= 4 is 15.9 Å². The second-order valence-electron chi connectivity index (χ2n) is 2.05. The van der Waals surface area contributed by atoms with Gasteiger partial charge in [0.1, 0.15) is 0 Å². The fourth-order valence-electron chi connectivity index (χ4n) is 0.245. The molecule has 0 aliphatic carbocycles. The topological polar surface area (TPSA) is 21.9 Å². The Bertz CT molecular complexity index is 58.6. The molecule has 1 aliphatic rings. The van der Waals surface area contributed by atoms with Crippen LogP contribution in [0.4, 0.5) is 0 Å². The van der Waals surface area contributed by atoms with E-state index in [4.69, 9.17) is 0 Å². The predicted molar refractivity (Wildman–Crippen MR) is 30.2 cm³/mol. The summed E-state index contributed by atoms with van der Waals surface area (Å²) < 4.78 is 0. The first-order valence-corrected chi connectivity index (χ1v) is 3.20. The van der Waals surface area contributed by atoms with Crippen LogP contribution >= 0.6 is 15.9 Å². The Labute approximate surface area is 46.2 Å². The van der Waals surface area contributed by atoms with E-state index in [0.717, 1.165) is 5.33 Å². The van der Waals surface area contributed by atoms with E-state index in [0.29, 0.717) is 5.54 Å². The van der Waals surface area contributed by atoms with Gasteiger partial charge >= 0.3 is 0 Å². The molecule has 1 nitrogen and oxygen atoms in total. The minimum Gasteiger partial charge on any atom is -0.308 e. The highest BCUT2D eigenvalue weighted by Gasteiger charge is 2.34. The van der Waals surface area contributed by atoms with Crippen molar-refractivity contribution in [2.75, 3.05) is 11.9 Å². The Balaban J connectivity index is 2.28. The number of alkyl halides is 1. The summed E-state index contributed by atoms with van der Waals surface area (Å²) in [4.78, 5) is 0. The third-order valence-electron chi connectivity index (χ3n) is 1.08. The number of nitrogens with one attached hydrogen (secondary N) is 1. The number of hydrogen-bond donors (Lipinski definition) is 1. The molecule has 0 aromatic carbocycles. The van der Waals surface area contributed by atoms with Crippen LogP contribution in [-0.4, -0.2) is 17.4 Å². The first-order chi connectivity index (χ1) is 2.77. The van der Waals surface area contributed by atoms with Crippen LogP contribution in [0.25, 0.3) is 0 Å². The lowest BCUT2D eigenvalue weighted by Gasteiger charge is -1.93. The van der Waals surface area contributed by atoms with Crippen LogP contribution in [-0.2, 0) is 0 Å². The second kappa shape index (κ2) is 1.20. The second-order valence-corrected chi connectivity index (χ2v) is 2.61. The van der Waals surface area contributed by atoms with Crippen molar-refractivity contribution in [1.82, 2.24) is 5.32 Å². The standard InChI is InChI=1S/C4H8BrN/c1-4(2-5)3-6-4/h6H,2-3H2,1H3. The molecule has 1 rings (SSSR count). The summed E-state index contributed by atoms with van der Waals surface area (Å²) in [5, 5.41) is 4.30. The van der Waals surface area contributed by atoms with Crippen LogP contribution in [0.2, 0.25) is 0 Å². The van der Waals surface area contributed by atoms with E-state index in [1.54, 1.807) is 0 Å². The molecular weight excluding hydrogens is 142 g/mol. The zero-order chi connectivity index (χ0) is 4.62.